The van der Waals surface area contributed by atoms with E-state index in [-0.39, 0.29) is 11.7 Å². The van der Waals surface area contributed by atoms with Crippen LogP contribution in [0.1, 0.15) is 22.1 Å². The van der Waals surface area contributed by atoms with Crippen LogP contribution in [0.5, 0.6) is 0 Å². The predicted molar refractivity (Wildman–Crippen MR) is 125 cm³/mol. The van der Waals surface area contributed by atoms with Gasteiger partial charge in [0.05, 0.1) is 23.1 Å². The Hall–Kier alpha value is -2.25. The van der Waals surface area contributed by atoms with Crippen LogP contribution in [0, 0.1) is 0 Å². The van der Waals surface area contributed by atoms with Crippen molar-refractivity contribution in [1.29, 1.82) is 0 Å². The van der Waals surface area contributed by atoms with Crippen LogP contribution >= 0.6 is 34.8 Å². The number of nitrogens with zero attached hydrogens (tertiary/aromatic N) is 4. The number of benzene rings is 2. The number of piperazine rings is 1. The fourth-order valence-electron chi connectivity index (χ4n) is 3.88. The molecule has 2 aromatic carbocycles. The second-order valence-corrected chi connectivity index (χ2v) is 8.80. The molecule has 0 radical (unpaired) electrons. The van der Waals surface area contributed by atoms with Gasteiger partial charge in [-0.1, -0.05) is 46.9 Å². The zero-order chi connectivity index (χ0) is 22.0. The minimum absolute atomic E-state index is 0.105. The van der Waals surface area contributed by atoms with Crippen LogP contribution in [-0.4, -0.2) is 46.5 Å². The molecule has 0 spiro atoms. The highest BCUT2D eigenvalue weighted by Gasteiger charge is 2.29. The number of primary amides is 1. The summed E-state index contributed by atoms with van der Waals surface area (Å²) in [5.74, 6) is -0.519. The summed E-state index contributed by atoms with van der Waals surface area (Å²) >= 11 is 18.8. The van der Waals surface area contributed by atoms with Gasteiger partial charge >= 0.3 is 0 Å². The maximum atomic E-state index is 11.3. The summed E-state index contributed by atoms with van der Waals surface area (Å²) in [5, 5.41) is 1.96. The predicted octanol–water partition coefficient (Wildman–Crippen LogP) is 4.51. The average molecular weight is 479 g/mol. The van der Waals surface area contributed by atoms with E-state index in [2.05, 4.69) is 26.9 Å². The fourth-order valence-corrected chi connectivity index (χ4v) is 4.52. The van der Waals surface area contributed by atoms with E-state index in [0.29, 0.717) is 15.1 Å². The first-order valence-electron chi connectivity index (χ1n) is 9.92. The number of anilines is 1. The van der Waals surface area contributed by atoms with Crippen LogP contribution in [0.25, 0.3) is 0 Å². The molecule has 1 aliphatic rings. The van der Waals surface area contributed by atoms with Gasteiger partial charge in [0.25, 0.3) is 5.91 Å². The topological polar surface area (TPSA) is 67.4 Å². The van der Waals surface area contributed by atoms with Crippen LogP contribution in [0.15, 0.2) is 55.0 Å². The maximum Gasteiger partial charge on any atom is 0.268 e. The molecule has 1 fully saturated rings. The Bertz CT molecular complexity index is 1070. The SMILES string of the molecule is NC(=O)c1cn(CCN2CCN(c3ccc(Cl)cc3Cl)[C@H](c3ccc(Cl)cc3)C2)cn1. The van der Waals surface area contributed by atoms with Gasteiger partial charge in [-0.2, -0.15) is 0 Å². The molecular weight excluding hydrogens is 457 g/mol. The van der Waals surface area contributed by atoms with E-state index in [1.54, 1.807) is 18.6 Å². The number of imidazole rings is 1. The first-order valence-corrected chi connectivity index (χ1v) is 11.0. The van der Waals surface area contributed by atoms with Crippen molar-refractivity contribution < 1.29 is 4.79 Å². The lowest BCUT2D eigenvalue weighted by Crippen LogP contribution is -2.49. The van der Waals surface area contributed by atoms with Crippen LogP contribution in [-0.2, 0) is 6.54 Å². The van der Waals surface area contributed by atoms with E-state index in [1.165, 1.54) is 5.56 Å². The lowest BCUT2D eigenvalue weighted by molar-refractivity contribution is 0.0996. The van der Waals surface area contributed by atoms with Crippen molar-refractivity contribution in [3.05, 3.63) is 81.3 Å². The lowest BCUT2D eigenvalue weighted by atomic mass is 10.0. The molecule has 3 aromatic rings. The Morgan fingerprint density at radius 1 is 1.03 bits per heavy atom. The minimum atomic E-state index is -0.519. The summed E-state index contributed by atoms with van der Waals surface area (Å²) in [6, 6.07) is 13.7. The van der Waals surface area contributed by atoms with E-state index in [1.807, 2.05) is 28.8 Å². The highest BCUT2D eigenvalue weighted by Crippen LogP contribution is 2.36. The molecule has 0 bridgehead atoms. The molecule has 162 valence electrons. The monoisotopic (exact) mass is 477 g/mol. The Morgan fingerprint density at radius 3 is 2.45 bits per heavy atom. The third-order valence-corrected chi connectivity index (χ3v) is 6.29. The first kappa shape index (κ1) is 22.0. The third kappa shape index (κ3) is 5.15. The molecule has 1 saturated heterocycles. The van der Waals surface area contributed by atoms with Crippen molar-refractivity contribution in [2.24, 2.45) is 5.73 Å². The van der Waals surface area contributed by atoms with Crippen molar-refractivity contribution in [1.82, 2.24) is 14.5 Å². The second kappa shape index (κ2) is 9.49. The summed E-state index contributed by atoms with van der Waals surface area (Å²) < 4.78 is 1.89. The Labute approximate surface area is 196 Å². The van der Waals surface area contributed by atoms with Gasteiger partial charge in [0, 0.05) is 49.0 Å². The number of carbonyl (C=O) groups is 1. The quantitative estimate of drug-likeness (QED) is 0.566. The molecule has 1 aromatic heterocycles. The molecule has 4 rings (SSSR count). The number of amides is 1. The van der Waals surface area contributed by atoms with Crippen LogP contribution in [0.4, 0.5) is 5.69 Å². The number of aromatic nitrogens is 2. The number of hydrogen-bond donors (Lipinski definition) is 1. The average Bonchev–Trinajstić information content (AvgIpc) is 3.23. The third-order valence-electron chi connectivity index (χ3n) is 5.50. The zero-order valence-corrected chi connectivity index (χ0v) is 19.0. The normalized spacial score (nSPS) is 17.1. The van der Waals surface area contributed by atoms with E-state index in [9.17, 15) is 4.79 Å². The molecule has 1 atom stereocenters. The van der Waals surface area contributed by atoms with Gasteiger partial charge in [-0.05, 0) is 35.9 Å². The Kier molecular flexibility index (Phi) is 6.72. The Morgan fingerprint density at radius 2 is 1.77 bits per heavy atom. The van der Waals surface area contributed by atoms with Gasteiger partial charge < -0.3 is 15.2 Å². The van der Waals surface area contributed by atoms with E-state index < -0.39 is 5.91 Å². The van der Waals surface area contributed by atoms with Crippen molar-refractivity contribution in [2.45, 2.75) is 12.6 Å². The highest BCUT2D eigenvalue weighted by molar-refractivity contribution is 6.36. The van der Waals surface area contributed by atoms with E-state index in [4.69, 9.17) is 40.5 Å². The second-order valence-electron chi connectivity index (χ2n) is 7.52. The molecule has 9 heteroatoms. The van der Waals surface area contributed by atoms with Gasteiger partial charge in [-0.15, -0.1) is 0 Å². The molecule has 6 nitrogen and oxygen atoms in total. The molecule has 0 saturated carbocycles. The number of carbonyl (C=O) groups excluding carboxylic acids is 1. The fraction of sp³-hybridized carbons (Fsp3) is 0.273. The number of halogens is 3. The van der Waals surface area contributed by atoms with E-state index >= 15 is 0 Å². The number of hydrogen-bond acceptors (Lipinski definition) is 4. The zero-order valence-electron chi connectivity index (χ0n) is 16.7. The molecule has 2 N–H and O–H groups in total. The van der Waals surface area contributed by atoms with Crippen LogP contribution in [0.2, 0.25) is 15.1 Å². The van der Waals surface area contributed by atoms with Gasteiger partial charge in [-0.25, -0.2) is 4.98 Å². The molecule has 0 aliphatic carbocycles. The van der Waals surface area contributed by atoms with Crippen molar-refractivity contribution >= 4 is 46.4 Å². The lowest BCUT2D eigenvalue weighted by Gasteiger charge is -2.43. The largest absolute Gasteiger partial charge is 0.364 e. The molecule has 2 heterocycles. The molecule has 0 unspecified atom stereocenters. The summed E-state index contributed by atoms with van der Waals surface area (Å²) in [5.41, 5.74) is 7.70. The molecule has 1 aliphatic heterocycles. The van der Waals surface area contributed by atoms with Gasteiger partial charge in [0.1, 0.15) is 5.69 Å². The van der Waals surface area contributed by atoms with Crippen LogP contribution < -0.4 is 10.6 Å². The molecule has 31 heavy (non-hydrogen) atoms. The van der Waals surface area contributed by atoms with Gasteiger partial charge in [-0.3, -0.25) is 9.69 Å². The highest BCUT2D eigenvalue weighted by atomic mass is 35.5. The molecule has 1 amide bonds. The van der Waals surface area contributed by atoms with Gasteiger partial charge in [0.15, 0.2) is 0 Å². The smallest absolute Gasteiger partial charge is 0.268 e. The van der Waals surface area contributed by atoms with Crippen molar-refractivity contribution in [3.8, 4) is 0 Å². The minimum Gasteiger partial charge on any atom is -0.364 e. The summed E-state index contributed by atoms with van der Waals surface area (Å²) in [6.07, 6.45) is 3.32. The summed E-state index contributed by atoms with van der Waals surface area (Å²) in [7, 11) is 0. The molecular formula is C22H22Cl3N5O. The van der Waals surface area contributed by atoms with Crippen LogP contribution in [0.3, 0.4) is 0 Å². The first-order chi connectivity index (χ1) is 14.9. The standard InChI is InChI=1S/C22H22Cl3N5O/c23-16-3-1-15(2-4-16)21-13-28(7-8-29-12-19(22(26)31)27-14-29)9-10-30(21)20-6-5-17(24)11-18(20)25/h1-6,11-12,14,21H,7-10,13H2,(H2,26,31)/t21-/m0/s1. The summed E-state index contributed by atoms with van der Waals surface area (Å²) in [4.78, 5) is 20.0. The number of rotatable bonds is 6. The summed E-state index contributed by atoms with van der Waals surface area (Å²) in [6.45, 7) is 4.04. The number of nitrogens with two attached hydrogens (primary N) is 1. The Balaban J connectivity index is 1.53. The van der Waals surface area contributed by atoms with E-state index in [0.717, 1.165) is 38.4 Å². The van der Waals surface area contributed by atoms with Gasteiger partial charge in [0.2, 0.25) is 0 Å². The van der Waals surface area contributed by atoms with Crippen molar-refractivity contribution in [3.63, 3.8) is 0 Å². The maximum absolute atomic E-state index is 11.3. The van der Waals surface area contributed by atoms with Crippen molar-refractivity contribution in [2.75, 3.05) is 31.1 Å².